The summed E-state index contributed by atoms with van der Waals surface area (Å²) in [5.74, 6) is -4.11. The van der Waals surface area contributed by atoms with Crippen molar-refractivity contribution in [2.45, 2.75) is 12.2 Å². The number of fused-ring (bicyclic) bond motifs is 1. The second-order valence-electron chi connectivity index (χ2n) is 8.03. The molecule has 2 heterocycles. The van der Waals surface area contributed by atoms with Gasteiger partial charge in [0, 0.05) is 21.1 Å². The van der Waals surface area contributed by atoms with Crippen LogP contribution in [0.1, 0.15) is 27.7 Å². The average molecular weight is 560 g/mol. The number of furan rings is 1. The molecular formula is C26H14BrF4NO4. The van der Waals surface area contributed by atoms with Gasteiger partial charge < -0.3 is 9.52 Å². The van der Waals surface area contributed by atoms with Gasteiger partial charge in [0.2, 0.25) is 5.78 Å². The Bertz CT molecular complexity index is 1570. The molecule has 3 aromatic carbocycles. The zero-order chi connectivity index (χ0) is 25.8. The van der Waals surface area contributed by atoms with Crippen LogP contribution in [0.25, 0.3) is 11.0 Å². The van der Waals surface area contributed by atoms with E-state index < -0.39 is 46.6 Å². The lowest BCUT2D eigenvalue weighted by atomic mass is 9.94. The van der Waals surface area contributed by atoms with Crippen LogP contribution in [0.3, 0.4) is 0 Å². The SMILES string of the molecule is O=C(C1=C(O)C(=O)N(c2cccc(C(F)(F)F)c2)C1c1ccccc1F)c1cc2cc(Br)ccc2o1. The highest BCUT2D eigenvalue weighted by Gasteiger charge is 2.46. The molecule has 36 heavy (non-hydrogen) atoms. The number of aliphatic hydroxyl groups is 1. The van der Waals surface area contributed by atoms with Gasteiger partial charge in [-0.2, -0.15) is 13.2 Å². The third-order valence-electron chi connectivity index (χ3n) is 5.81. The van der Waals surface area contributed by atoms with Crippen molar-refractivity contribution in [1.29, 1.82) is 0 Å². The van der Waals surface area contributed by atoms with Gasteiger partial charge in [-0.25, -0.2) is 4.39 Å². The highest BCUT2D eigenvalue weighted by Crippen LogP contribution is 2.44. The van der Waals surface area contributed by atoms with Crippen LogP contribution in [0.15, 0.2) is 93.0 Å². The molecular weight excluding hydrogens is 546 g/mol. The van der Waals surface area contributed by atoms with Crippen LogP contribution in [0, 0.1) is 5.82 Å². The van der Waals surface area contributed by atoms with E-state index in [4.69, 9.17) is 4.42 Å². The van der Waals surface area contributed by atoms with Crippen molar-refractivity contribution >= 4 is 44.3 Å². The minimum absolute atomic E-state index is 0.186. The molecule has 1 aliphatic heterocycles. The Kier molecular flexibility index (Phi) is 5.71. The van der Waals surface area contributed by atoms with Crippen LogP contribution in [-0.2, 0) is 11.0 Å². The predicted octanol–water partition coefficient (Wildman–Crippen LogP) is 7.14. The van der Waals surface area contributed by atoms with Gasteiger partial charge >= 0.3 is 6.18 Å². The highest BCUT2D eigenvalue weighted by molar-refractivity contribution is 9.10. The number of Topliss-reactive ketones (excluding diaryl/α,β-unsaturated/α-hetero) is 1. The summed E-state index contributed by atoms with van der Waals surface area (Å²) >= 11 is 3.31. The number of halogens is 5. The summed E-state index contributed by atoms with van der Waals surface area (Å²) in [6, 6.07) is 13.8. The topological polar surface area (TPSA) is 70.8 Å². The number of anilines is 1. The van der Waals surface area contributed by atoms with Crippen molar-refractivity contribution < 1.29 is 36.7 Å². The number of carbonyl (C=O) groups excluding carboxylic acids is 2. The third kappa shape index (κ3) is 3.97. The van der Waals surface area contributed by atoms with E-state index in [0.717, 1.165) is 23.1 Å². The van der Waals surface area contributed by atoms with Crippen molar-refractivity contribution in [1.82, 2.24) is 0 Å². The molecule has 1 aliphatic rings. The molecule has 5 rings (SSSR count). The normalized spacial score (nSPS) is 16.3. The zero-order valence-electron chi connectivity index (χ0n) is 18.0. The van der Waals surface area contributed by atoms with Crippen LogP contribution < -0.4 is 4.90 Å². The first-order chi connectivity index (χ1) is 17.1. The Balaban J connectivity index is 1.68. The number of nitrogens with zero attached hydrogens (tertiary/aromatic N) is 1. The molecule has 10 heteroatoms. The Morgan fingerprint density at radius 2 is 1.75 bits per heavy atom. The number of aliphatic hydroxyl groups excluding tert-OH is 1. The number of benzene rings is 3. The molecule has 1 N–H and O–H groups in total. The lowest BCUT2D eigenvalue weighted by molar-refractivity contribution is -0.137. The number of amides is 1. The first-order valence-electron chi connectivity index (χ1n) is 10.5. The number of rotatable bonds is 4. The van der Waals surface area contributed by atoms with E-state index in [-0.39, 0.29) is 17.0 Å². The summed E-state index contributed by atoms with van der Waals surface area (Å²) in [4.78, 5) is 27.5. The summed E-state index contributed by atoms with van der Waals surface area (Å²) in [7, 11) is 0. The van der Waals surface area contributed by atoms with E-state index in [0.29, 0.717) is 21.5 Å². The summed E-state index contributed by atoms with van der Waals surface area (Å²) in [6.07, 6.45) is -4.72. The maximum Gasteiger partial charge on any atom is 0.416 e. The van der Waals surface area contributed by atoms with E-state index in [1.807, 2.05) is 0 Å². The van der Waals surface area contributed by atoms with Gasteiger partial charge in [-0.3, -0.25) is 14.5 Å². The van der Waals surface area contributed by atoms with Gasteiger partial charge in [0.05, 0.1) is 17.2 Å². The summed E-state index contributed by atoms with van der Waals surface area (Å²) < 4.78 is 61.4. The van der Waals surface area contributed by atoms with Crippen LogP contribution in [0.5, 0.6) is 0 Å². The predicted molar refractivity (Wildman–Crippen MR) is 126 cm³/mol. The maximum atomic E-state index is 14.9. The first-order valence-corrected chi connectivity index (χ1v) is 11.3. The number of ketones is 1. The highest BCUT2D eigenvalue weighted by atomic mass is 79.9. The van der Waals surface area contributed by atoms with Gasteiger partial charge in [-0.05, 0) is 48.5 Å². The molecule has 1 unspecified atom stereocenters. The Hall–Kier alpha value is -3.92. The Morgan fingerprint density at radius 3 is 2.47 bits per heavy atom. The Labute approximate surface area is 209 Å². The molecule has 182 valence electrons. The van der Waals surface area contributed by atoms with E-state index in [1.165, 1.54) is 30.3 Å². The molecule has 0 bridgehead atoms. The lowest BCUT2D eigenvalue weighted by Gasteiger charge is -2.27. The molecule has 0 aliphatic carbocycles. The van der Waals surface area contributed by atoms with Gasteiger partial charge in [-0.1, -0.05) is 40.2 Å². The molecule has 1 atom stereocenters. The van der Waals surface area contributed by atoms with Crippen molar-refractivity contribution in [2.24, 2.45) is 0 Å². The van der Waals surface area contributed by atoms with Crippen LogP contribution in [-0.4, -0.2) is 16.8 Å². The van der Waals surface area contributed by atoms with Gasteiger partial charge in [-0.15, -0.1) is 0 Å². The second kappa shape index (κ2) is 8.63. The van der Waals surface area contributed by atoms with E-state index in [9.17, 15) is 32.3 Å². The molecule has 4 aromatic rings. The summed E-state index contributed by atoms with van der Waals surface area (Å²) in [6.45, 7) is 0. The third-order valence-corrected chi connectivity index (χ3v) is 6.30. The maximum absolute atomic E-state index is 14.9. The van der Waals surface area contributed by atoms with Crippen LogP contribution in [0.4, 0.5) is 23.2 Å². The summed E-state index contributed by atoms with van der Waals surface area (Å²) in [5, 5.41) is 11.3. The number of alkyl halides is 3. The monoisotopic (exact) mass is 559 g/mol. The van der Waals surface area contributed by atoms with Crippen molar-refractivity contribution in [2.75, 3.05) is 4.90 Å². The minimum Gasteiger partial charge on any atom is -0.503 e. The number of hydrogen-bond acceptors (Lipinski definition) is 4. The number of carbonyl (C=O) groups is 2. The zero-order valence-corrected chi connectivity index (χ0v) is 19.6. The van der Waals surface area contributed by atoms with E-state index in [2.05, 4.69) is 15.9 Å². The molecule has 0 saturated carbocycles. The molecule has 1 aromatic heterocycles. The largest absolute Gasteiger partial charge is 0.503 e. The van der Waals surface area contributed by atoms with Crippen molar-refractivity contribution in [3.8, 4) is 0 Å². The fraction of sp³-hybridized carbons (Fsp3) is 0.0769. The van der Waals surface area contributed by atoms with Crippen LogP contribution in [0.2, 0.25) is 0 Å². The summed E-state index contributed by atoms with van der Waals surface area (Å²) in [5.41, 5.74) is -1.67. The average Bonchev–Trinajstić information content (AvgIpc) is 3.37. The molecule has 0 fully saturated rings. The van der Waals surface area contributed by atoms with E-state index >= 15 is 0 Å². The van der Waals surface area contributed by atoms with Crippen molar-refractivity contribution in [3.63, 3.8) is 0 Å². The molecule has 0 radical (unpaired) electrons. The van der Waals surface area contributed by atoms with Crippen LogP contribution >= 0.6 is 15.9 Å². The van der Waals surface area contributed by atoms with Crippen molar-refractivity contribution in [3.05, 3.63) is 111 Å². The lowest BCUT2D eigenvalue weighted by Crippen LogP contribution is -2.31. The fourth-order valence-electron chi connectivity index (χ4n) is 4.19. The smallest absolute Gasteiger partial charge is 0.416 e. The number of hydrogen-bond donors (Lipinski definition) is 1. The molecule has 5 nitrogen and oxygen atoms in total. The van der Waals surface area contributed by atoms with Gasteiger partial charge in [0.1, 0.15) is 11.4 Å². The molecule has 0 saturated heterocycles. The molecule has 1 amide bonds. The van der Waals surface area contributed by atoms with Gasteiger partial charge in [0.25, 0.3) is 5.91 Å². The fourth-order valence-corrected chi connectivity index (χ4v) is 4.56. The molecule has 0 spiro atoms. The quantitative estimate of drug-likeness (QED) is 0.213. The minimum atomic E-state index is -4.72. The standard InChI is InChI=1S/C26H14BrF4NO4/c27-15-8-9-19-13(10-15)11-20(36-19)23(33)21-22(17-6-1-2-7-18(17)28)32(25(35)24(21)34)16-5-3-4-14(12-16)26(29,30)31/h1-12,22,34H. The second-order valence-corrected chi connectivity index (χ2v) is 8.95. The van der Waals surface area contributed by atoms with E-state index in [1.54, 1.807) is 18.2 Å². The first kappa shape index (κ1) is 23.8. The van der Waals surface area contributed by atoms with Gasteiger partial charge in [0.15, 0.2) is 11.5 Å². The Morgan fingerprint density at radius 1 is 1.00 bits per heavy atom.